The summed E-state index contributed by atoms with van der Waals surface area (Å²) in [5.74, 6) is 1.56. The lowest BCUT2D eigenvalue weighted by Crippen LogP contribution is -2.52. The molecular weight excluding hydrogens is 786 g/mol. The van der Waals surface area contributed by atoms with Crippen LogP contribution in [0.15, 0.2) is 42.7 Å². The zero-order chi connectivity index (χ0) is 41.1. The third-order valence-electron chi connectivity index (χ3n) is 13.6. The number of nitrogens with zero attached hydrogens (tertiary/aromatic N) is 6. The second kappa shape index (κ2) is 15.5. The number of rotatable bonds is 7. The fourth-order valence-electron chi connectivity index (χ4n) is 10.2. The first-order chi connectivity index (χ1) is 29.1. The Labute approximate surface area is 352 Å². The van der Waals surface area contributed by atoms with E-state index in [2.05, 4.69) is 35.7 Å². The van der Waals surface area contributed by atoms with Crippen molar-refractivity contribution in [2.45, 2.75) is 77.0 Å². The highest BCUT2D eigenvalue weighted by Crippen LogP contribution is 2.50. The van der Waals surface area contributed by atoms with Crippen molar-refractivity contribution in [1.29, 1.82) is 0 Å². The Kier molecular flexibility index (Phi) is 9.98. The maximum Gasteiger partial charge on any atom is 0.413 e. The van der Waals surface area contributed by atoms with Crippen molar-refractivity contribution in [3.05, 3.63) is 64.6 Å². The first kappa shape index (κ1) is 38.6. The Bertz CT molecular complexity index is 2410. The molecule has 1 aliphatic carbocycles. The Morgan fingerprint density at radius 2 is 1.80 bits per heavy atom. The zero-order valence-electron chi connectivity index (χ0n) is 33.6. The van der Waals surface area contributed by atoms with Crippen molar-refractivity contribution in [2.24, 2.45) is 11.3 Å². The molecule has 3 saturated heterocycles. The molecule has 1 atom stereocenters. The van der Waals surface area contributed by atoms with Crippen LogP contribution in [0.4, 0.5) is 22.1 Å². The predicted molar refractivity (Wildman–Crippen MR) is 225 cm³/mol. The maximum absolute atomic E-state index is 13.1. The molecule has 0 bridgehead atoms. The topological polar surface area (TPSA) is 171 Å². The van der Waals surface area contributed by atoms with Crippen LogP contribution >= 0.6 is 11.6 Å². The number of fused-ring (bicyclic) bond motifs is 3. The average Bonchev–Trinajstić information content (AvgIpc) is 3.56. The van der Waals surface area contributed by atoms with Crippen molar-refractivity contribution in [3.8, 4) is 17.0 Å². The van der Waals surface area contributed by atoms with Crippen LogP contribution in [-0.2, 0) is 20.9 Å². The smallest absolute Gasteiger partial charge is 0.413 e. The van der Waals surface area contributed by atoms with Gasteiger partial charge in [-0.15, -0.1) is 0 Å². The highest BCUT2D eigenvalue weighted by molar-refractivity contribution is 6.38. The Hall–Kier alpha value is -5.54. The third-order valence-corrected chi connectivity index (χ3v) is 14.0. The van der Waals surface area contributed by atoms with Crippen LogP contribution in [0.3, 0.4) is 0 Å². The van der Waals surface area contributed by atoms with Crippen molar-refractivity contribution < 1.29 is 28.7 Å². The van der Waals surface area contributed by atoms with E-state index < -0.39 is 18.0 Å². The van der Waals surface area contributed by atoms with Gasteiger partial charge in [0.25, 0.3) is 5.91 Å². The molecule has 1 saturated carbocycles. The molecule has 60 heavy (non-hydrogen) atoms. The molecule has 312 valence electrons. The number of ether oxygens (including phenoxy) is 2. The van der Waals surface area contributed by atoms with Gasteiger partial charge in [-0.1, -0.05) is 23.7 Å². The fourth-order valence-corrected chi connectivity index (χ4v) is 10.5. The van der Waals surface area contributed by atoms with Crippen molar-refractivity contribution in [1.82, 2.24) is 30.1 Å². The summed E-state index contributed by atoms with van der Waals surface area (Å²) in [7, 11) is 0. The molecule has 10 rings (SSSR count). The van der Waals surface area contributed by atoms with E-state index in [0.29, 0.717) is 53.5 Å². The second-order valence-electron chi connectivity index (χ2n) is 17.3. The van der Waals surface area contributed by atoms with Gasteiger partial charge in [-0.3, -0.25) is 25.0 Å². The van der Waals surface area contributed by atoms with Gasteiger partial charge in [0.05, 0.1) is 22.8 Å². The minimum atomic E-state index is -0.640. The van der Waals surface area contributed by atoms with Gasteiger partial charge in [-0.2, -0.15) is 0 Å². The number of hydrogen-bond donors (Lipinski definition) is 3. The van der Waals surface area contributed by atoms with E-state index in [1.165, 1.54) is 0 Å². The van der Waals surface area contributed by atoms with Gasteiger partial charge in [-0.05, 0) is 100 Å². The summed E-state index contributed by atoms with van der Waals surface area (Å²) in [4.78, 5) is 70.5. The van der Waals surface area contributed by atoms with Crippen molar-refractivity contribution in [3.63, 3.8) is 0 Å². The summed E-state index contributed by atoms with van der Waals surface area (Å²) in [6, 6.07) is 8.85. The summed E-state index contributed by atoms with van der Waals surface area (Å²) in [5, 5.41) is 10.8. The lowest BCUT2D eigenvalue weighted by atomic mass is 9.61. The van der Waals surface area contributed by atoms with Crippen LogP contribution in [0.1, 0.15) is 73.0 Å². The second-order valence-corrected chi connectivity index (χ2v) is 17.7. The van der Waals surface area contributed by atoms with Crippen LogP contribution in [0.5, 0.6) is 5.88 Å². The van der Waals surface area contributed by atoms with E-state index in [9.17, 15) is 19.2 Å². The van der Waals surface area contributed by atoms with Gasteiger partial charge >= 0.3 is 6.09 Å². The van der Waals surface area contributed by atoms with Crippen LogP contribution in [-0.4, -0.2) is 107 Å². The van der Waals surface area contributed by atoms with Crippen LogP contribution in [0, 0.1) is 18.3 Å². The maximum atomic E-state index is 13.1. The Morgan fingerprint density at radius 1 is 1.00 bits per heavy atom. The molecule has 3 aromatic heterocycles. The number of anilines is 3. The molecule has 4 amide bonds. The van der Waals surface area contributed by atoms with Gasteiger partial charge < -0.3 is 29.5 Å². The first-order valence-electron chi connectivity index (χ1n) is 21.1. The van der Waals surface area contributed by atoms with Gasteiger partial charge in [0.2, 0.25) is 17.7 Å². The van der Waals surface area contributed by atoms with E-state index in [4.69, 9.17) is 26.1 Å². The predicted octanol–water partition coefficient (Wildman–Crippen LogP) is 5.93. The minimum absolute atomic E-state index is 0.111. The van der Waals surface area contributed by atoms with E-state index in [1.807, 2.05) is 31.2 Å². The number of benzene rings is 1. The summed E-state index contributed by atoms with van der Waals surface area (Å²) in [6.07, 6.45) is 9.58. The van der Waals surface area contributed by atoms with Crippen LogP contribution in [0.2, 0.25) is 5.02 Å². The summed E-state index contributed by atoms with van der Waals surface area (Å²) < 4.78 is 11.6. The number of aromatic nitrogens is 3. The number of imide groups is 1. The monoisotopic (exact) mass is 833 g/mol. The number of nitrogens with one attached hydrogen (secondary N) is 3. The number of halogens is 1. The highest BCUT2D eigenvalue weighted by atomic mass is 35.5. The third kappa shape index (κ3) is 7.25. The molecule has 15 nitrogen and oxygen atoms in total. The van der Waals surface area contributed by atoms with E-state index in [-0.39, 0.29) is 36.3 Å². The average molecular weight is 834 g/mol. The minimum Gasteiger partial charge on any atom is -0.474 e. The molecule has 4 fully saturated rings. The zero-order valence-corrected chi connectivity index (χ0v) is 34.4. The fraction of sp³-hybridized carbons (Fsp3) is 0.477. The van der Waals surface area contributed by atoms with Gasteiger partial charge in [0.1, 0.15) is 36.1 Å². The molecule has 1 aromatic carbocycles. The summed E-state index contributed by atoms with van der Waals surface area (Å²) in [5.41, 5.74) is 5.10. The molecule has 3 N–H and O–H groups in total. The van der Waals surface area contributed by atoms with Gasteiger partial charge in [0.15, 0.2) is 0 Å². The number of piperidine rings is 3. The number of likely N-dealkylation sites (tertiary alicyclic amines) is 1. The van der Waals surface area contributed by atoms with Crippen molar-refractivity contribution in [2.75, 3.05) is 61.4 Å². The van der Waals surface area contributed by atoms with E-state index in [1.54, 1.807) is 23.4 Å². The van der Waals surface area contributed by atoms with Crippen molar-refractivity contribution >= 4 is 63.5 Å². The number of hydrogen-bond acceptors (Lipinski definition) is 12. The number of amides is 4. The normalized spacial score (nSPS) is 21.8. The lowest BCUT2D eigenvalue weighted by molar-refractivity contribution is -0.136. The number of pyridine rings is 3. The molecule has 5 aliphatic heterocycles. The lowest BCUT2D eigenvalue weighted by Gasteiger charge is -2.51. The molecule has 1 unspecified atom stereocenters. The molecule has 6 aliphatic rings. The summed E-state index contributed by atoms with van der Waals surface area (Å²) in [6.45, 7) is 8.60. The van der Waals surface area contributed by atoms with E-state index >= 15 is 0 Å². The van der Waals surface area contributed by atoms with Crippen LogP contribution in [0.25, 0.3) is 21.9 Å². The SMILES string of the molecule is Cc1c(-c2ccc3cnc(NC(=O)OC4CC5(CCN(CC6CCN(c7ccc8c(n7)CN(C7CCC(=O)NC7=O)C8=O)CC6)CC5)C4)cc3c2Cl)cnc2c1NCCO2. The largest absolute Gasteiger partial charge is 0.474 e. The molecule has 0 radical (unpaired) electrons. The Morgan fingerprint density at radius 3 is 2.60 bits per heavy atom. The molecule has 16 heteroatoms. The number of carbonyl (C=O) groups is 4. The molecule has 1 spiro atoms. The summed E-state index contributed by atoms with van der Waals surface area (Å²) >= 11 is 7.00. The molecule has 8 heterocycles. The number of carbonyl (C=O) groups excluding carboxylic acids is 4. The van der Waals surface area contributed by atoms with Gasteiger partial charge in [-0.25, -0.2) is 19.7 Å². The first-order valence-corrected chi connectivity index (χ1v) is 21.5. The Balaban J connectivity index is 0.674. The molecule has 4 aromatic rings. The quantitative estimate of drug-likeness (QED) is 0.188. The molecular formula is C44H48ClN9O6. The van der Waals surface area contributed by atoms with E-state index in [0.717, 1.165) is 110 Å². The van der Waals surface area contributed by atoms with Gasteiger partial charge in [0, 0.05) is 66.9 Å². The van der Waals surface area contributed by atoms with Crippen LogP contribution < -0.4 is 25.6 Å². The standard InChI is InChI=1S/C44H48ClN9O6/c1-25-32(22-48-41-39(25)46-12-17-59-41)29-3-2-27-21-47-35(18-31(27)38(29)45)50-43(58)60-28-19-44(20-28)10-15-52(16-11-44)23-26-8-13-53(14-9-26)36-6-4-30-33(49-36)24-54(42(30)57)34-5-7-37(55)51-40(34)56/h2-4,6,18,21-22,26,28,34,46H,5,7-17,19-20,23-24H2,1H3,(H,47,50,58)(H,51,55,56). The highest BCUT2D eigenvalue weighted by Gasteiger charge is 2.48.